The number of hydrogen-bond acceptors (Lipinski definition) is 2. The van der Waals surface area contributed by atoms with E-state index in [2.05, 4.69) is 121 Å². The number of nitrogen functional groups attached to an aromatic ring is 1. The number of para-hydroxylation sites is 2. The summed E-state index contributed by atoms with van der Waals surface area (Å²) in [7, 11) is 0. The molecule has 0 heterocycles. The molecule has 0 bridgehead atoms. The van der Waals surface area contributed by atoms with Crippen LogP contribution in [0, 0.1) is 0 Å². The topological polar surface area (TPSA) is 38.0 Å². The molecule has 0 saturated heterocycles. The molecule has 2 heteroatoms. The van der Waals surface area contributed by atoms with E-state index in [4.69, 9.17) is 5.73 Å². The van der Waals surface area contributed by atoms with Crippen molar-refractivity contribution in [2.45, 2.75) is 13.8 Å². The van der Waals surface area contributed by atoms with Crippen LogP contribution in [-0.2, 0) is 0 Å². The molecule has 7 aromatic carbocycles. The van der Waals surface area contributed by atoms with Gasteiger partial charge in [0, 0.05) is 5.69 Å². The van der Waals surface area contributed by atoms with Crippen LogP contribution in [0.2, 0.25) is 0 Å². The standard InChI is InChI=1S/C36H26N2.C2H6/c37-33-15-7-8-16-34(33)38-28-21-19-25(20-22-28)35-29-11-3-5-13-31(29)36(32-14-6-4-12-30(32)35)27-18-17-24-9-1-2-10-26(24)23-27;1-2/h1-23,38H,37H2;1-2H3. The van der Waals surface area contributed by atoms with Gasteiger partial charge in [0.05, 0.1) is 11.4 Å². The normalized spacial score (nSPS) is 10.8. The van der Waals surface area contributed by atoms with E-state index < -0.39 is 0 Å². The van der Waals surface area contributed by atoms with Crippen LogP contribution in [0.3, 0.4) is 0 Å². The molecule has 40 heavy (non-hydrogen) atoms. The van der Waals surface area contributed by atoms with Gasteiger partial charge in [-0.25, -0.2) is 0 Å². The number of benzene rings is 7. The number of fused-ring (bicyclic) bond motifs is 3. The summed E-state index contributed by atoms with van der Waals surface area (Å²) in [5, 5.41) is 11.0. The highest BCUT2D eigenvalue weighted by Gasteiger charge is 2.16. The Labute approximate surface area is 235 Å². The van der Waals surface area contributed by atoms with Crippen molar-refractivity contribution >= 4 is 49.4 Å². The molecule has 0 aliphatic heterocycles. The van der Waals surface area contributed by atoms with E-state index in [9.17, 15) is 0 Å². The molecule has 7 aromatic rings. The molecule has 7 rings (SSSR count). The maximum Gasteiger partial charge on any atom is 0.0617 e. The molecular formula is C38H32N2. The Hall–Kier alpha value is -5.08. The van der Waals surface area contributed by atoms with E-state index in [1.54, 1.807) is 0 Å². The van der Waals surface area contributed by atoms with E-state index >= 15 is 0 Å². The predicted octanol–water partition coefficient (Wildman–Crippen LogP) is 10.8. The second kappa shape index (κ2) is 11.0. The molecule has 0 amide bonds. The zero-order valence-electron chi connectivity index (χ0n) is 22.9. The van der Waals surface area contributed by atoms with E-state index in [1.165, 1.54) is 54.6 Å². The Bertz CT molecular complexity index is 1890. The molecule has 0 spiro atoms. The summed E-state index contributed by atoms with van der Waals surface area (Å²) in [6.45, 7) is 4.00. The molecule has 0 saturated carbocycles. The minimum atomic E-state index is 0.734. The number of rotatable bonds is 4. The number of hydrogen-bond donors (Lipinski definition) is 2. The van der Waals surface area contributed by atoms with Gasteiger partial charge in [0.1, 0.15) is 0 Å². The SMILES string of the molecule is CC.Nc1ccccc1Nc1ccc(-c2c3ccccc3c(-c3ccc4ccccc4c3)c3ccccc23)cc1. The molecule has 3 N–H and O–H groups in total. The average Bonchev–Trinajstić information content (AvgIpc) is 3.02. The van der Waals surface area contributed by atoms with Crippen molar-refractivity contribution in [3.8, 4) is 22.3 Å². The molecule has 2 nitrogen and oxygen atoms in total. The van der Waals surface area contributed by atoms with Gasteiger partial charge in [-0.05, 0) is 84.9 Å². The fourth-order valence-corrected chi connectivity index (χ4v) is 5.58. The highest BCUT2D eigenvalue weighted by molar-refractivity contribution is 6.21. The summed E-state index contributed by atoms with van der Waals surface area (Å²) in [4.78, 5) is 0. The Balaban J connectivity index is 0.00000142. The van der Waals surface area contributed by atoms with Crippen LogP contribution in [0.1, 0.15) is 13.8 Å². The van der Waals surface area contributed by atoms with Gasteiger partial charge >= 0.3 is 0 Å². The minimum absolute atomic E-state index is 0.734. The van der Waals surface area contributed by atoms with Crippen LogP contribution < -0.4 is 11.1 Å². The molecule has 0 atom stereocenters. The van der Waals surface area contributed by atoms with Gasteiger partial charge in [-0.1, -0.05) is 123 Å². The van der Waals surface area contributed by atoms with E-state index in [1.807, 2.05) is 38.1 Å². The van der Waals surface area contributed by atoms with Crippen molar-refractivity contribution in [2.24, 2.45) is 0 Å². The van der Waals surface area contributed by atoms with Crippen molar-refractivity contribution in [1.29, 1.82) is 0 Å². The fraction of sp³-hybridized carbons (Fsp3) is 0.0526. The highest BCUT2D eigenvalue weighted by atomic mass is 14.9. The summed E-state index contributed by atoms with van der Waals surface area (Å²) in [5.41, 5.74) is 13.8. The van der Waals surface area contributed by atoms with E-state index in [0.29, 0.717) is 0 Å². The Morgan fingerprint density at radius 2 is 0.925 bits per heavy atom. The van der Waals surface area contributed by atoms with Crippen molar-refractivity contribution in [3.63, 3.8) is 0 Å². The summed E-state index contributed by atoms with van der Waals surface area (Å²) >= 11 is 0. The van der Waals surface area contributed by atoms with Gasteiger partial charge in [0.25, 0.3) is 0 Å². The largest absolute Gasteiger partial charge is 0.397 e. The first-order chi connectivity index (χ1) is 19.8. The Kier molecular flexibility index (Phi) is 6.91. The van der Waals surface area contributed by atoms with Crippen LogP contribution >= 0.6 is 0 Å². The second-order valence-electron chi connectivity index (χ2n) is 9.69. The summed E-state index contributed by atoms with van der Waals surface area (Å²) in [6, 6.07) is 49.4. The third-order valence-electron chi connectivity index (χ3n) is 7.38. The summed E-state index contributed by atoms with van der Waals surface area (Å²) < 4.78 is 0. The van der Waals surface area contributed by atoms with Crippen molar-refractivity contribution in [1.82, 2.24) is 0 Å². The number of anilines is 3. The lowest BCUT2D eigenvalue weighted by Crippen LogP contribution is -1.95. The Morgan fingerprint density at radius 3 is 1.52 bits per heavy atom. The van der Waals surface area contributed by atoms with Crippen LogP contribution in [-0.4, -0.2) is 0 Å². The molecule has 194 valence electrons. The zero-order chi connectivity index (χ0) is 27.5. The second-order valence-corrected chi connectivity index (χ2v) is 9.69. The van der Waals surface area contributed by atoms with Crippen molar-refractivity contribution in [3.05, 3.63) is 140 Å². The van der Waals surface area contributed by atoms with Crippen molar-refractivity contribution in [2.75, 3.05) is 11.1 Å². The van der Waals surface area contributed by atoms with Crippen LogP contribution in [0.15, 0.2) is 140 Å². The average molecular weight is 517 g/mol. The molecule has 0 fully saturated rings. The Morgan fingerprint density at radius 1 is 0.450 bits per heavy atom. The number of nitrogens with two attached hydrogens (primary N) is 1. The van der Waals surface area contributed by atoms with Crippen LogP contribution in [0.5, 0.6) is 0 Å². The maximum absolute atomic E-state index is 6.14. The molecule has 0 unspecified atom stereocenters. The van der Waals surface area contributed by atoms with E-state index in [0.717, 1.165) is 17.1 Å². The predicted molar refractivity (Wildman–Crippen MR) is 175 cm³/mol. The van der Waals surface area contributed by atoms with Gasteiger partial charge in [-0.3, -0.25) is 0 Å². The molecule has 0 radical (unpaired) electrons. The molecule has 0 aliphatic carbocycles. The van der Waals surface area contributed by atoms with Gasteiger partial charge in [0.15, 0.2) is 0 Å². The van der Waals surface area contributed by atoms with Gasteiger partial charge in [-0.2, -0.15) is 0 Å². The summed E-state index contributed by atoms with van der Waals surface area (Å²) in [6.07, 6.45) is 0. The fourth-order valence-electron chi connectivity index (χ4n) is 5.58. The molecule has 0 aliphatic rings. The lowest BCUT2D eigenvalue weighted by molar-refractivity contribution is 1.50. The van der Waals surface area contributed by atoms with Gasteiger partial charge < -0.3 is 11.1 Å². The smallest absolute Gasteiger partial charge is 0.0617 e. The maximum atomic E-state index is 6.14. The highest BCUT2D eigenvalue weighted by Crippen LogP contribution is 2.44. The van der Waals surface area contributed by atoms with Gasteiger partial charge in [-0.15, -0.1) is 0 Å². The van der Waals surface area contributed by atoms with E-state index in [-0.39, 0.29) is 0 Å². The lowest BCUT2D eigenvalue weighted by atomic mass is 9.85. The van der Waals surface area contributed by atoms with Crippen LogP contribution in [0.25, 0.3) is 54.6 Å². The van der Waals surface area contributed by atoms with Crippen molar-refractivity contribution < 1.29 is 0 Å². The minimum Gasteiger partial charge on any atom is -0.397 e. The molecular weight excluding hydrogens is 484 g/mol. The quantitative estimate of drug-likeness (QED) is 0.180. The first-order valence-electron chi connectivity index (χ1n) is 13.9. The third kappa shape index (κ3) is 4.54. The van der Waals surface area contributed by atoms with Crippen LogP contribution in [0.4, 0.5) is 17.1 Å². The first kappa shape index (κ1) is 25.2. The molecule has 0 aromatic heterocycles. The monoisotopic (exact) mass is 516 g/mol. The lowest BCUT2D eigenvalue weighted by Gasteiger charge is -2.18. The summed E-state index contributed by atoms with van der Waals surface area (Å²) in [5.74, 6) is 0. The third-order valence-corrected chi connectivity index (χ3v) is 7.38. The number of nitrogens with one attached hydrogen (secondary N) is 1. The zero-order valence-corrected chi connectivity index (χ0v) is 22.9. The first-order valence-corrected chi connectivity index (χ1v) is 13.9. The van der Waals surface area contributed by atoms with Gasteiger partial charge in [0.2, 0.25) is 0 Å².